The van der Waals surface area contributed by atoms with Gasteiger partial charge in [-0.1, -0.05) is 6.07 Å². The van der Waals surface area contributed by atoms with E-state index in [1.54, 1.807) is 12.5 Å². The lowest BCUT2D eigenvalue weighted by Gasteiger charge is -2.07. The maximum absolute atomic E-state index is 5.50. The molecule has 0 aliphatic heterocycles. The second kappa shape index (κ2) is 4.23. The van der Waals surface area contributed by atoms with Gasteiger partial charge in [0, 0.05) is 18.6 Å². The van der Waals surface area contributed by atoms with Gasteiger partial charge in [-0.25, -0.2) is 9.97 Å². The number of pyridine rings is 1. The molecule has 0 aliphatic carbocycles. The number of imidazole rings is 1. The van der Waals surface area contributed by atoms with Crippen LogP contribution >= 0.6 is 0 Å². The lowest BCUT2D eigenvalue weighted by molar-refractivity contribution is 0.926. The Morgan fingerprint density at radius 3 is 2.93 bits per heavy atom. The molecule has 0 spiro atoms. The monoisotopic (exact) mass is 202 g/mol. The minimum Gasteiger partial charge on any atom is -0.330 e. The number of hydrogen-bond donors (Lipinski definition) is 1. The second-order valence-electron chi connectivity index (χ2n) is 3.49. The summed E-state index contributed by atoms with van der Waals surface area (Å²) in [4.78, 5) is 8.41. The molecule has 0 saturated carbocycles. The molecule has 0 aliphatic rings. The van der Waals surface area contributed by atoms with Crippen LogP contribution in [-0.4, -0.2) is 21.1 Å². The van der Waals surface area contributed by atoms with Crippen molar-refractivity contribution in [1.82, 2.24) is 14.5 Å². The van der Waals surface area contributed by atoms with Gasteiger partial charge in [-0.05, 0) is 31.0 Å². The fourth-order valence-corrected chi connectivity index (χ4v) is 1.58. The minimum atomic E-state index is 0.658. The predicted octanol–water partition coefficient (Wildman–Crippen LogP) is 1.08. The van der Waals surface area contributed by atoms with E-state index in [9.17, 15) is 0 Å². The summed E-state index contributed by atoms with van der Waals surface area (Å²) in [5, 5.41) is 0. The lowest BCUT2D eigenvalue weighted by atomic mass is 10.1. The van der Waals surface area contributed by atoms with Crippen LogP contribution in [0.2, 0.25) is 0 Å². The molecule has 2 aromatic rings. The molecule has 2 heterocycles. The summed E-state index contributed by atoms with van der Waals surface area (Å²) in [5.41, 5.74) is 7.82. The summed E-state index contributed by atoms with van der Waals surface area (Å²) >= 11 is 0. The van der Waals surface area contributed by atoms with Gasteiger partial charge in [0.1, 0.15) is 12.1 Å². The van der Waals surface area contributed by atoms with Gasteiger partial charge in [0.25, 0.3) is 0 Å². The van der Waals surface area contributed by atoms with E-state index in [2.05, 4.69) is 16.0 Å². The zero-order valence-electron chi connectivity index (χ0n) is 8.72. The van der Waals surface area contributed by atoms with Gasteiger partial charge in [-0.15, -0.1) is 0 Å². The quantitative estimate of drug-likeness (QED) is 0.810. The van der Waals surface area contributed by atoms with Crippen molar-refractivity contribution in [2.45, 2.75) is 13.3 Å². The van der Waals surface area contributed by atoms with Crippen molar-refractivity contribution in [3.8, 4) is 5.82 Å². The highest BCUT2D eigenvalue weighted by Crippen LogP contribution is 2.12. The molecular weight excluding hydrogens is 188 g/mol. The number of aryl methyl sites for hydroxylation is 1. The van der Waals surface area contributed by atoms with Crippen LogP contribution in [0.25, 0.3) is 5.82 Å². The van der Waals surface area contributed by atoms with Crippen molar-refractivity contribution < 1.29 is 0 Å². The van der Waals surface area contributed by atoms with Gasteiger partial charge >= 0.3 is 0 Å². The summed E-state index contributed by atoms with van der Waals surface area (Å²) in [7, 11) is 0. The number of nitrogens with zero attached hydrogens (tertiary/aromatic N) is 3. The first-order valence-electron chi connectivity index (χ1n) is 4.95. The van der Waals surface area contributed by atoms with E-state index in [1.165, 1.54) is 5.56 Å². The van der Waals surface area contributed by atoms with Crippen LogP contribution < -0.4 is 5.73 Å². The average Bonchev–Trinajstić information content (AvgIpc) is 2.71. The Kier molecular flexibility index (Phi) is 2.78. The molecule has 2 aromatic heterocycles. The number of rotatable bonds is 3. The smallest absolute Gasteiger partial charge is 0.140 e. The van der Waals surface area contributed by atoms with E-state index in [4.69, 9.17) is 5.73 Å². The van der Waals surface area contributed by atoms with Crippen molar-refractivity contribution in [3.05, 3.63) is 42.1 Å². The van der Waals surface area contributed by atoms with Crippen LogP contribution in [0.1, 0.15) is 11.1 Å². The third-order valence-corrected chi connectivity index (χ3v) is 2.29. The van der Waals surface area contributed by atoms with Crippen LogP contribution in [0.15, 0.2) is 31.0 Å². The second-order valence-corrected chi connectivity index (χ2v) is 3.49. The summed E-state index contributed by atoms with van der Waals surface area (Å²) < 4.78 is 1.90. The van der Waals surface area contributed by atoms with Gasteiger partial charge in [0.2, 0.25) is 0 Å². The van der Waals surface area contributed by atoms with Gasteiger partial charge in [0.05, 0.1) is 0 Å². The zero-order valence-corrected chi connectivity index (χ0v) is 8.72. The highest BCUT2D eigenvalue weighted by Gasteiger charge is 2.02. The zero-order chi connectivity index (χ0) is 10.7. The van der Waals surface area contributed by atoms with Gasteiger partial charge in [-0.2, -0.15) is 0 Å². The molecule has 78 valence electrons. The molecule has 0 radical (unpaired) electrons. The molecular formula is C11H14N4. The Hall–Kier alpha value is -1.68. The van der Waals surface area contributed by atoms with Crippen LogP contribution in [0.3, 0.4) is 0 Å². The normalized spacial score (nSPS) is 10.5. The Labute approximate surface area is 88.8 Å². The Balaban J connectivity index is 2.35. The topological polar surface area (TPSA) is 56.7 Å². The molecule has 0 bridgehead atoms. The van der Waals surface area contributed by atoms with E-state index in [1.807, 2.05) is 23.9 Å². The molecule has 0 saturated heterocycles. The fourth-order valence-electron chi connectivity index (χ4n) is 1.58. The summed E-state index contributed by atoms with van der Waals surface area (Å²) in [5.74, 6) is 0.924. The van der Waals surface area contributed by atoms with Crippen molar-refractivity contribution >= 4 is 0 Å². The first-order valence-corrected chi connectivity index (χ1v) is 4.95. The van der Waals surface area contributed by atoms with Crippen LogP contribution in [0.4, 0.5) is 0 Å². The lowest BCUT2D eigenvalue weighted by Crippen LogP contribution is -2.05. The molecule has 0 fully saturated rings. The van der Waals surface area contributed by atoms with E-state index in [-0.39, 0.29) is 0 Å². The Morgan fingerprint density at radius 2 is 2.33 bits per heavy atom. The largest absolute Gasteiger partial charge is 0.330 e. The maximum atomic E-state index is 5.50. The Morgan fingerprint density at radius 1 is 1.47 bits per heavy atom. The summed E-state index contributed by atoms with van der Waals surface area (Å²) in [6, 6.07) is 2.12. The molecule has 4 heteroatoms. The highest BCUT2D eigenvalue weighted by molar-refractivity contribution is 5.35. The Bertz CT molecular complexity index is 434. The van der Waals surface area contributed by atoms with Crippen molar-refractivity contribution in [1.29, 1.82) is 0 Å². The molecule has 2 rings (SSSR count). The van der Waals surface area contributed by atoms with Gasteiger partial charge < -0.3 is 5.73 Å². The standard InChI is InChI=1S/C11H14N4/c1-9-6-10(2-3-12)7-14-11(9)15-5-4-13-8-15/h4-8H,2-3,12H2,1H3. The predicted molar refractivity (Wildman–Crippen MR) is 58.9 cm³/mol. The van der Waals surface area contributed by atoms with Crippen LogP contribution in [0, 0.1) is 6.92 Å². The minimum absolute atomic E-state index is 0.658. The van der Waals surface area contributed by atoms with Gasteiger partial charge in [0.15, 0.2) is 0 Å². The van der Waals surface area contributed by atoms with Crippen molar-refractivity contribution in [2.75, 3.05) is 6.54 Å². The molecule has 2 N–H and O–H groups in total. The van der Waals surface area contributed by atoms with Crippen LogP contribution in [0.5, 0.6) is 0 Å². The first kappa shape index (κ1) is 9.86. The van der Waals surface area contributed by atoms with Crippen molar-refractivity contribution in [3.63, 3.8) is 0 Å². The number of nitrogens with two attached hydrogens (primary N) is 1. The molecule has 0 atom stereocenters. The fraction of sp³-hybridized carbons (Fsp3) is 0.273. The summed E-state index contributed by atoms with van der Waals surface area (Å²) in [6.45, 7) is 2.70. The number of aromatic nitrogens is 3. The van der Waals surface area contributed by atoms with Crippen molar-refractivity contribution in [2.24, 2.45) is 5.73 Å². The highest BCUT2D eigenvalue weighted by atomic mass is 15.1. The van der Waals surface area contributed by atoms with E-state index in [0.29, 0.717) is 6.54 Å². The van der Waals surface area contributed by atoms with Gasteiger partial charge in [-0.3, -0.25) is 4.57 Å². The molecule has 0 amide bonds. The number of hydrogen-bond acceptors (Lipinski definition) is 3. The summed E-state index contributed by atoms with van der Waals surface area (Å²) in [6.07, 6.45) is 8.12. The van der Waals surface area contributed by atoms with E-state index >= 15 is 0 Å². The third-order valence-electron chi connectivity index (χ3n) is 2.29. The van der Waals surface area contributed by atoms with E-state index < -0.39 is 0 Å². The first-order chi connectivity index (χ1) is 7.31. The molecule has 0 aromatic carbocycles. The molecule has 15 heavy (non-hydrogen) atoms. The van der Waals surface area contributed by atoms with Crippen LogP contribution in [-0.2, 0) is 6.42 Å². The average molecular weight is 202 g/mol. The molecule has 0 unspecified atom stereocenters. The SMILES string of the molecule is Cc1cc(CCN)cnc1-n1ccnc1. The third kappa shape index (κ3) is 2.05. The van der Waals surface area contributed by atoms with E-state index in [0.717, 1.165) is 17.8 Å². The maximum Gasteiger partial charge on any atom is 0.140 e. The molecule has 4 nitrogen and oxygen atoms in total.